The Morgan fingerprint density at radius 3 is 2.75 bits per heavy atom. The van der Waals surface area contributed by atoms with Crippen molar-refractivity contribution in [3.05, 3.63) is 0 Å². The van der Waals surface area contributed by atoms with Gasteiger partial charge in [-0.05, 0) is 32.1 Å². The molecule has 0 spiro atoms. The van der Waals surface area contributed by atoms with Crippen LogP contribution in [0.25, 0.3) is 0 Å². The first-order valence-electron chi connectivity index (χ1n) is 6.52. The molecule has 0 bridgehead atoms. The Balaban J connectivity index is 1.84. The molecule has 2 nitrogen and oxygen atoms in total. The van der Waals surface area contributed by atoms with Gasteiger partial charge in [-0.15, -0.1) is 0 Å². The van der Waals surface area contributed by atoms with Crippen LogP contribution >= 0.6 is 11.8 Å². The zero-order valence-electron chi connectivity index (χ0n) is 10.8. The maximum atomic E-state index is 4.76. The summed E-state index contributed by atoms with van der Waals surface area (Å²) in [7, 11) is 0. The van der Waals surface area contributed by atoms with E-state index in [1.807, 2.05) is 11.8 Å². The second-order valence-corrected chi connectivity index (χ2v) is 6.93. The molecule has 1 saturated carbocycles. The lowest BCUT2D eigenvalue weighted by atomic mass is 9.80. The number of nitrogens with zero attached hydrogens (tertiary/aromatic N) is 1. The Kier molecular flexibility index (Phi) is 3.83. The quantitative estimate of drug-likeness (QED) is 0.801. The van der Waals surface area contributed by atoms with Crippen molar-refractivity contribution in [2.24, 2.45) is 16.8 Å². The first-order valence-corrected chi connectivity index (χ1v) is 7.51. The third-order valence-corrected chi connectivity index (χ3v) is 5.14. The van der Waals surface area contributed by atoms with Gasteiger partial charge < -0.3 is 5.32 Å². The molecule has 0 amide bonds. The van der Waals surface area contributed by atoms with Gasteiger partial charge >= 0.3 is 0 Å². The maximum absolute atomic E-state index is 4.76. The Morgan fingerprint density at radius 1 is 1.38 bits per heavy atom. The van der Waals surface area contributed by atoms with Gasteiger partial charge in [0.2, 0.25) is 0 Å². The number of hydrogen-bond donors (Lipinski definition) is 1. The van der Waals surface area contributed by atoms with Gasteiger partial charge in [0.25, 0.3) is 0 Å². The Morgan fingerprint density at radius 2 is 2.12 bits per heavy atom. The topological polar surface area (TPSA) is 24.4 Å². The largest absolute Gasteiger partial charge is 0.359 e. The zero-order chi connectivity index (χ0) is 11.6. The molecule has 1 heterocycles. The highest BCUT2D eigenvalue weighted by Crippen LogP contribution is 2.30. The van der Waals surface area contributed by atoms with Gasteiger partial charge in [0, 0.05) is 17.8 Å². The van der Waals surface area contributed by atoms with Crippen LogP contribution in [0.1, 0.15) is 46.5 Å². The van der Waals surface area contributed by atoms with Crippen LogP contribution in [0.15, 0.2) is 4.99 Å². The van der Waals surface area contributed by atoms with Gasteiger partial charge in [-0.1, -0.05) is 37.9 Å². The predicted octanol–water partition coefficient (Wildman–Crippen LogP) is 3.28. The molecular weight excluding hydrogens is 216 g/mol. The summed E-state index contributed by atoms with van der Waals surface area (Å²) in [6.07, 6.45) is 5.62. The van der Waals surface area contributed by atoms with Crippen LogP contribution in [0.4, 0.5) is 0 Å². The van der Waals surface area contributed by atoms with Gasteiger partial charge in [-0.25, -0.2) is 0 Å². The van der Waals surface area contributed by atoms with Crippen molar-refractivity contribution >= 4 is 16.9 Å². The minimum Gasteiger partial charge on any atom is -0.359 e. The summed E-state index contributed by atoms with van der Waals surface area (Å²) >= 11 is 1.88. The summed E-state index contributed by atoms with van der Waals surface area (Å²) in [5, 5.41) is 4.67. The minimum absolute atomic E-state index is 0.238. The van der Waals surface area contributed by atoms with E-state index in [1.165, 1.54) is 30.9 Å². The predicted molar refractivity (Wildman–Crippen MR) is 73.1 cm³/mol. The normalized spacial score (nSPS) is 36.3. The highest BCUT2D eigenvalue weighted by molar-refractivity contribution is 8.14. The lowest BCUT2D eigenvalue weighted by molar-refractivity contribution is 0.264. The van der Waals surface area contributed by atoms with Gasteiger partial charge in [-0.3, -0.25) is 4.99 Å². The van der Waals surface area contributed by atoms with Crippen LogP contribution in [-0.2, 0) is 0 Å². The van der Waals surface area contributed by atoms with Crippen LogP contribution < -0.4 is 5.32 Å². The molecule has 1 aliphatic heterocycles. The van der Waals surface area contributed by atoms with Crippen LogP contribution in [0.5, 0.6) is 0 Å². The minimum atomic E-state index is 0.238. The van der Waals surface area contributed by atoms with E-state index in [0.717, 1.165) is 24.1 Å². The van der Waals surface area contributed by atoms with Crippen molar-refractivity contribution in [2.75, 3.05) is 12.3 Å². The monoisotopic (exact) mass is 240 g/mol. The van der Waals surface area contributed by atoms with Gasteiger partial charge in [0.05, 0.1) is 0 Å². The highest BCUT2D eigenvalue weighted by atomic mass is 32.2. The van der Waals surface area contributed by atoms with Crippen molar-refractivity contribution < 1.29 is 0 Å². The first-order chi connectivity index (χ1) is 7.57. The number of thioether (sulfide) groups is 1. The molecule has 2 atom stereocenters. The molecule has 1 N–H and O–H groups in total. The summed E-state index contributed by atoms with van der Waals surface area (Å²) in [5.41, 5.74) is 0.238. The molecule has 2 unspecified atom stereocenters. The Bertz CT molecular complexity index is 273. The van der Waals surface area contributed by atoms with Gasteiger partial charge in [0.15, 0.2) is 5.17 Å². The standard InChI is InChI=1S/C13H24N2S/c1-10-6-4-5-7-11(10)8-14-12-15-13(2,3)9-16-12/h10-11H,4-9H2,1-3H3,(H,14,15). The third kappa shape index (κ3) is 3.16. The molecule has 2 rings (SSSR count). The molecule has 0 radical (unpaired) electrons. The number of rotatable bonds is 2. The van der Waals surface area contributed by atoms with Gasteiger partial charge in [-0.2, -0.15) is 0 Å². The molecule has 0 aromatic carbocycles. The second kappa shape index (κ2) is 4.99. The van der Waals surface area contributed by atoms with Crippen LogP contribution in [0.2, 0.25) is 0 Å². The van der Waals surface area contributed by atoms with E-state index in [4.69, 9.17) is 4.99 Å². The molecule has 0 aromatic rings. The second-order valence-electron chi connectivity index (χ2n) is 5.97. The van der Waals surface area contributed by atoms with Crippen LogP contribution in [-0.4, -0.2) is 23.0 Å². The fraction of sp³-hybridized carbons (Fsp3) is 0.923. The van der Waals surface area contributed by atoms with Crippen LogP contribution in [0.3, 0.4) is 0 Å². The number of aliphatic imine (C=N–C) groups is 1. The van der Waals surface area contributed by atoms with Crippen molar-refractivity contribution in [3.63, 3.8) is 0 Å². The van der Waals surface area contributed by atoms with Crippen molar-refractivity contribution in [2.45, 2.75) is 52.0 Å². The fourth-order valence-electron chi connectivity index (χ4n) is 2.56. The van der Waals surface area contributed by atoms with E-state index in [-0.39, 0.29) is 5.54 Å². The van der Waals surface area contributed by atoms with Gasteiger partial charge in [0.1, 0.15) is 0 Å². The summed E-state index contributed by atoms with van der Waals surface area (Å²) in [6.45, 7) is 7.91. The molecule has 92 valence electrons. The Labute approximate surface area is 104 Å². The molecule has 2 fully saturated rings. The third-order valence-electron chi connectivity index (χ3n) is 3.77. The molecule has 1 saturated heterocycles. The number of hydrogen-bond acceptors (Lipinski definition) is 2. The molecule has 0 aromatic heterocycles. The molecule has 3 heteroatoms. The first kappa shape index (κ1) is 12.3. The highest BCUT2D eigenvalue weighted by Gasteiger charge is 2.28. The average Bonchev–Trinajstić information content (AvgIpc) is 2.57. The van der Waals surface area contributed by atoms with Crippen molar-refractivity contribution in [1.29, 1.82) is 0 Å². The number of amidine groups is 1. The summed E-state index contributed by atoms with van der Waals surface area (Å²) in [4.78, 5) is 4.76. The maximum Gasteiger partial charge on any atom is 0.157 e. The van der Waals surface area contributed by atoms with Crippen molar-refractivity contribution in [3.8, 4) is 0 Å². The SMILES string of the molecule is CC1CCCCC1CN=C1NC(C)(C)CS1. The van der Waals surface area contributed by atoms with E-state index < -0.39 is 0 Å². The van der Waals surface area contributed by atoms with E-state index in [2.05, 4.69) is 26.1 Å². The smallest absolute Gasteiger partial charge is 0.157 e. The summed E-state index contributed by atoms with van der Waals surface area (Å²) in [5.74, 6) is 2.84. The lowest BCUT2D eigenvalue weighted by Gasteiger charge is -2.27. The molecule has 16 heavy (non-hydrogen) atoms. The average molecular weight is 240 g/mol. The Hall–Kier alpha value is -0.180. The summed E-state index contributed by atoms with van der Waals surface area (Å²) < 4.78 is 0. The molecule has 1 aliphatic carbocycles. The fourth-order valence-corrected chi connectivity index (χ4v) is 3.64. The van der Waals surface area contributed by atoms with E-state index >= 15 is 0 Å². The summed E-state index contributed by atoms with van der Waals surface area (Å²) in [6, 6.07) is 0. The number of nitrogens with one attached hydrogen (secondary N) is 1. The lowest BCUT2D eigenvalue weighted by Crippen LogP contribution is -2.37. The molecule has 2 aliphatic rings. The van der Waals surface area contributed by atoms with E-state index in [1.54, 1.807) is 0 Å². The van der Waals surface area contributed by atoms with E-state index in [0.29, 0.717) is 0 Å². The van der Waals surface area contributed by atoms with Crippen molar-refractivity contribution in [1.82, 2.24) is 5.32 Å². The molecular formula is C13H24N2S. The zero-order valence-corrected chi connectivity index (χ0v) is 11.6. The van der Waals surface area contributed by atoms with Crippen LogP contribution in [0, 0.1) is 11.8 Å². The van der Waals surface area contributed by atoms with E-state index in [9.17, 15) is 0 Å².